The molecule has 2 rings (SSSR count). The van der Waals surface area contributed by atoms with Gasteiger partial charge in [-0.2, -0.15) is 21.6 Å². The largest absolute Gasteiger partial charge is 0.516 e. The summed E-state index contributed by atoms with van der Waals surface area (Å²) in [7, 11) is -5.55. The van der Waals surface area contributed by atoms with Crippen LogP contribution in [0.5, 0.6) is 0 Å². The fourth-order valence-corrected chi connectivity index (χ4v) is 3.21. The average Bonchev–Trinajstić information content (AvgIpc) is 2.62. The smallest absolute Gasteiger partial charge is 0.402 e. The molecule has 0 spiro atoms. The number of pyridine rings is 2. The van der Waals surface area contributed by atoms with Crippen LogP contribution in [0.2, 0.25) is 0 Å². The molecule has 0 aliphatic heterocycles. The van der Waals surface area contributed by atoms with Crippen molar-refractivity contribution in [3.63, 3.8) is 0 Å². The third-order valence-electron chi connectivity index (χ3n) is 3.96. The number of hydrogen-bond donors (Lipinski definition) is 2. The normalized spacial score (nSPS) is 13.7. The van der Waals surface area contributed by atoms with E-state index in [1.54, 1.807) is 26.1 Å². The van der Waals surface area contributed by atoms with E-state index in [1.807, 2.05) is 13.0 Å². The van der Waals surface area contributed by atoms with Gasteiger partial charge >= 0.3 is 15.5 Å². The molecule has 7 nitrogen and oxygen atoms in total. The zero-order chi connectivity index (χ0) is 22.5. The number of rotatable bonds is 7. The van der Waals surface area contributed by atoms with Crippen LogP contribution in [0.1, 0.15) is 38.4 Å². The van der Waals surface area contributed by atoms with Gasteiger partial charge in [0.15, 0.2) is 0 Å². The minimum atomic E-state index is -5.55. The van der Waals surface area contributed by atoms with Crippen molar-refractivity contribution in [2.45, 2.75) is 39.1 Å². The number of hydrogen-bond acceptors (Lipinski definition) is 6. The van der Waals surface area contributed by atoms with Crippen LogP contribution >= 0.6 is 0 Å². The van der Waals surface area contributed by atoms with E-state index in [4.69, 9.17) is 5.73 Å². The van der Waals surface area contributed by atoms with Gasteiger partial charge in [0.1, 0.15) is 5.82 Å². The highest BCUT2D eigenvalue weighted by atomic mass is 32.2. The molecule has 2 aromatic rings. The third kappa shape index (κ3) is 5.78. The van der Waals surface area contributed by atoms with Crippen molar-refractivity contribution in [2.24, 2.45) is 10.7 Å². The number of nitrogens with two attached hydrogens (primary N) is 1. The van der Waals surface area contributed by atoms with Crippen molar-refractivity contribution < 1.29 is 21.6 Å². The summed E-state index contributed by atoms with van der Waals surface area (Å²) in [5, 5.41) is 0. The Hall–Kier alpha value is -2.95. The van der Waals surface area contributed by atoms with Gasteiger partial charge in [0.2, 0.25) is 0 Å². The molecule has 0 saturated carbocycles. The Kier molecular flexibility index (Phi) is 7.19. The SMILES string of the molecule is CCCc1cc(N=C(C)/C(=C(/C)N)c2ccc(NS(=O)(=O)C(F)(F)F)nc2)ccn1. The second kappa shape index (κ2) is 9.24. The summed E-state index contributed by atoms with van der Waals surface area (Å²) >= 11 is 0. The number of sulfonamides is 1. The maximum atomic E-state index is 12.5. The van der Waals surface area contributed by atoms with Crippen LogP contribution in [0.15, 0.2) is 47.3 Å². The lowest BCUT2D eigenvalue weighted by Crippen LogP contribution is -2.30. The molecule has 0 bridgehead atoms. The van der Waals surface area contributed by atoms with E-state index in [-0.39, 0.29) is 0 Å². The van der Waals surface area contributed by atoms with E-state index < -0.39 is 21.3 Å². The van der Waals surface area contributed by atoms with Crippen LogP contribution in [0, 0.1) is 0 Å². The molecule has 0 aromatic carbocycles. The van der Waals surface area contributed by atoms with Crippen molar-refractivity contribution in [1.82, 2.24) is 9.97 Å². The number of halogens is 3. The Morgan fingerprint density at radius 3 is 2.43 bits per heavy atom. The number of aliphatic imine (C=N–C) groups is 1. The van der Waals surface area contributed by atoms with Crippen molar-refractivity contribution in [1.29, 1.82) is 0 Å². The van der Waals surface area contributed by atoms with Crippen LogP contribution in [-0.4, -0.2) is 29.6 Å². The lowest BCUT2D eigenvalue weighted by molar-refractivity contribution is -0.0429. The molecule has 30 heavy (non-hydrogen) atoms. The molecule has 0 fully saturated rings. The summed E-state index contributed by atoms with van der Waals surface area (Å²) in [5.41, 5.74) is 4.17. The number of aromatic nitrogens is 2. The topological polar surface area (TPSA) is 110 Å². The molecule has 2 heterocycles. The molecule has 162 valence electrons. The predicted molar refractivity (Wildman–Crippen MR) is 111 cm³/mol. The van der Waals surface area contributed by atoms with E-state index in [1.165, 1.54) is 17.0 Å². The lowest BCUT2D eigenvalue weighted by atomic mass is 10.0. The zero-order valence-electron chi connectivity index (χ0n) is 16.7. The Morgan fingerprint density at radius 2 is 1.90 bits per heavy atom. The fraction of sp³-hybridized carbons (Fsp3) is 0.316. The molecular weight excluding hydrogens is 419 g/mol. The van der Waals surface area contributed by atoms with Gasteiger partial charge in [0, 0.05) is 40.6 Å². The summed E-state index contributed by atoms with van der Waals surface area (Å²) in [6.07, 6.45) is 4.66. The number of alkyl halides is 3. The minimum absolute atomic E-state index is 0.421. The maximum absolute atomic E-state index is 12.5. The van der Waals surface area contributed by atoms with Crippen LogP contribution < -0.4 is 10.5 Å². The van der Waals surface area contributed by atoms with E-state index in [0.29, 0.717) is 28.2 Å². The first-order chi connectivity index (χ1) is 13.9. The highest BCUT2D eigenvalue weighted by Gasteiger charge is 2.46. The standard InChI is InChI=1S/C19H22F3N5O2S/c1-4-5-15-10-16(8-9-24-15)26-13(3)18(12(2)23)14-6-7-17(25-11-14)27-30(28,29)19(20,21)22/h6-11H,4-5,23H2,1-3H3,(H,25,27)/b18-12+,26-13?. The van der Waals surface area contributed by atoms with Crippen LogP contribution in [0.3, 0.4) is 0 Å². The minimum Gasteiger partial charge on any atom is -0.402 e. The van der Waals surface area contributed by atoms with Gasteiger partial charge in [-0.25, -0.2) is 4.98 Å². The van der Waals surface area contributed by atoms with Gasteiger partial charge in [-0.05, 0) is 44.5 Å². The molecule has 3 N–H and O–H groups in total. The molecule has 11 heteroatoms. The predicted octanol–water partition coefficient (Wildman–Crippen LogP) is 4.17. The number of nitrogens with zero attached hydrogens (tertiary/aromatic N) is 3. The summed E-state index contributed by atoms with van der Waals surface area (Å²) in [5.74, 6) is -0.460. The van der Waals surface area contributed by atoms with E-state index >= 15 is 0 Å². The quantitative estimate of drug-likeness (QED) is 0.627. The number of allylic oxidation sites excluding steroid dienone is 2. The summed E-state index contributed by atoms with van der Waals surface area (Å²) in [4.78, 5) is 12.6. The zero-order valence-corrected chi connectivity index (χ0v) is 17.5. The van der Waals surface area contributed by atoms with Crippen LogP contribution in [0.25, 0.3) is 5.57 Å². The molecule has 0 saturated heterocycles. The molecular formula is C19H22F3N5O2S. The summed E-state index contributed by atoms with van der Waals surface area (Å²) < 4.78 is 61.3. The Balaban J connectivity index is 2.33. The van der Waals surface area contributed by atoms with E-state index in [9.17, 15) is 21.6 Å². The second-order valence-corrected chi connectivity index (χ2v) is 8.17. The maximum Gasteiger partial charge on any atom is 0.516 e. The first kappa shape index (κ1) is 23.3. The van der Waals surface area contributed by atoms with Gasteiger partial charge in [-0.3, -0.25) is 14.7 Å². The average molecular weight is 441 g/mol. The Labute approximate surface area is 173 Å². The Morgan fingerprint density at radius 1 is 1.20 bits per heavy atom. The molecule has 0 radical (unpaired) electrons. The Bertz CT molecular complexity index is 1060. The molecule has 0 aliphatic rings. The molecule has 0 aliphatic carbocycles. The number of aryl methyl sites for hydroxylation is 1. The van der Waals surface area contributed by atoms with Gasteiger partial charge in [-0.1, -0.05) is 13.3 Å². The van der Waals surface area contributed by atoms with Gasteiger partial charge in [0.05, 0.1) is 5.69 Å². The molecule has 0 amide bonds. The van der Waals surface area contributed by atoms with Crippen molar-refractivity contribution in [2.75, 3.05) is 4.72 Å². The highest BCUT2D eigenvalue weighted by molar-refractivity contribution is 7.93. The van der Waals surface area contributed by atoms with Gasteiger partial charge in [-0.15, -0.1) is 0 Å². The monoisotopic (exact) mass is 441 g/mol. The summed E-state index contributed by atoms with van der Waals surface area (Å²) in [6.45, 7) is 5.45. The summed E-state index contributed by atoms with van der Waals surface area (Å²) in [6, 6.07) is 6.16. The first-order valence-corrected chi connectivity index (χ1v) is 10.5. The number of anilines is 1. The molecule has 0 unspecified atom stereocenters. The fourth-order valence-electron chi connectivity index (χ4n) is 2.70. The van der Waals surface area contributed by atoms with Crippen molar-refractivity contribution >= 4 is 32.8 Å². The lowest BCUT2D eigenvalue weighted by Gasteiger charge is -2.12. The molecule has 2 aromatic heterocycles. The van der Waals surface area contributed by atoms with E-state index in [2.05, 4.69) is 15.0 Å². The van der Waals surface area contributed by atoms with E-state index in [0.717, 1.165) is 24.6 Å². The van der Waals surface area contributed by atoms with Crippen LogP contribution in [-0.2, 0) is 16.4 Å². The highest BCUT2D eigenvalue weighted by Crippen LogP contribution is 2.26. The molecule has 0 atom stereocenters. The van der Waals surface area contributed by atoms with Gasteiger partial charge < -0.3 is 5.73 Å². The first-order valence-electron chi connectivity index (χ1n) is 8.97. The van der Waals surface area contributed by atoms with Crippen molar-refractivity contribution in [3.8, 4) is 0 Å². The van der Waals surface area contributed by atoms with Crippen molar-refractivity contribution in [3.05, 3.63) is 53.6 Å². The third-order valence-corrected chi connectivity index (χ3v) is 5.04. The van der Waals surface area contributed by atoms with Crippen LogP contribution in [0.4, 0.5) is 24.7 Å². The van der Waals surface area contributed by atoms with Gasteiger partial charge in [0.25, 0.3) is 0 Å². The second-order valence-electron chi connectivity index (χ2n) is 6.49. The number of nitrogens with one attached hydrogen (secondary N) is 1.